The normalized spacial score (nSPS) is 9.18. The molecule has 0 radical (unpaired) electrons. The molecule has 0 unspecified atom stereocenters. The average molecular weight is 159 g/mol. The molecule has 0 atom stereocenters. The molecular weight excluding hydrogens is 138 g/mol. The summed E-state index contributed by atoms with van der Waals surface area (Å²) in [5.41, 5.74) is 0. The van der Waals surface area contributed by atoms with Crippen LogP contribution >= 0.6 is 0 Å². The molecule has 2 heteroatoms. The van der Waals surface area contributed by atoms with Crippen LogP contribution in [0.25, 0.3) is 0 Å². The van der Waals surface area contributed by atoms with E-state index in [1.54, 1.807) is 19.0 Å². The minimum Gasteiger partial charge on any atom is -0.349 e. The fourth-order valence-corrected chi connectivity index (χ4v) is 0.636. The SMILES string of the molecule is C.CC(C)CCC(=O)N(C)C. The second-order valence-electron chi connectivity index (χ2n) is 3.22. The van der Waals surface area contributed by atoms with Gasteiger partial charge in [0.25, 0.3) is 0 Å². The number of carbonyl (C=O) groups excluding carboxylic acids is 1. The Morgan fingerprint density at radius 2 is 1.82 bits per heavy atom. The van der Waals surface area contributed by atoms with E-state index < -0.39 is 0 Å². The van der Waals surface area contributed by atoms with Gasteiger partial charge in [0.1, 0.15) is 0 Å². The van der Waals surface area contributed by atoms with Gasteiger partial charge in [0.05, 0.1) is 0 Å². The smallest absolute Gasteiger partial charge is 0.222 e. The highest BCUT2D eigenvalue weighted by atomic mass is 16.2. The van der Waals surface area contributed by atoms with E-state index in [-0.39, 0.29) is 13.3 Å². The zero-order valence-electron chi connectivity index (χ0n) is 7.35. The molecule has 2 nitrogen and oxygen atoms in total. The van der Waals surface area contributed by atoms with Crippen LogP contribution in [0.4, 0.5) is 0 Å². The Morgan fingerprint density at radius 1 is 1.36 bits per heavy atom. The minimum absolute atomic E-state index is 0. The van der Waals surface area contributed by atoms with Crippen molar-refractivity contribution < 1.29 is 4.79 Å². The maximum atomic E-state index is 11.0. The third kappa shape index (κ3) is 7.37. The van der Waals surface area contributed by atoms with E-state index in [1.165, 1.54) is 0 Å². The predicted octanol–water partition coefficient (Wildman–Crippen LogP) is 2.15. The van der Waals surface area contributed by atoms with Crippen LogP contribution in [0.15, 0.2) is 0 Å². The second kappa shape index (κ2) is 6.20. The van der Waals surface area contributed by atoms with Gasteiger partial charge in [0.15, 0.2) is 0 Å². The van der Waals surface area contributed by atoms with E-state index in [1.807, 2.05) is 0 Å². The van der Waals surface area contributed by atoms with E-state index in [9.17, 15) is 4.79 Å². The highest BCUT2D eigenvalue weighted by Crippen LogP contribution is 2.04. The fraction of sp³-hybridized carbons (Fsp3) is 0.889. The third-order valence-electron chi connectivity index (χ3n) is 1.43. The van der Waals surface area contributed by atoms with Crippen LogP contribution in [0, 0.1) is 5.92 Å². The summed E-state index contributed by atoms with van der Waals surface area (Å²) in [6.07, 6.45) is 1.68. The summed E-state index contributed by atoms with van der Waals surface area (Å²) in [6.45, 7) is 4.26. The van der Waals surface area contributed by atoms with Crippen LogP contribution in [0.1, 0.15) is 34.1 Å². The van der Waals surface area contributed by atoms with Gasteiger partial charge >= 0.3 is 0 Å². The molecule has 0 saturated carbocycles. The van der Waals surface area contributed by atoms with Crippen LogP contribution in [0.5, 0.6) is 0 Å². The van der Waals surface area contributed by atoms with Crippen molar-refractivity contribution in [1.82, 2.24) is 4.90 Å². The van der Waals surface area contributed by atoms with Crippen LogP contribution in [0.3, 0.4) is 0 Å². The lowest BCUT2D eigenvalue weighted by Crippen LogP contribution is -2.21. The van der Waals surface area contributed by atoms with E-state index in [0.29, 0.717) is 12.3 Å². The molecule has 0 aromatic heterocycles. The van der Waals surface area contributed by atoms with Crippen molar-refractivity contribution >= 4 is 5.91 Å². The van der Waals surface area contributed by atoms with Gasteiger partial charge in [0, 0.05) is 20.5 Å². The second-order valence-corrected chi connectivity index (χ2v) is 3.22. The average Bonchev–Trinajstić information content (AvgIpc) is 1.82. The molecule has 0 N–H and O–H groups in total. The van der Waals surface area contributed by atoms with Gasteiger partial charge in [-0.05, 0) is 12.3 Å². The minimum atomic E-state index is 0. The van der Waals surface area contributed by atoms with Gasteiger partial charge < -0.3 is 4.90 Å². The molecular formula is C9H21NO. The molecule has 68 valence electrons. The van der Waals surface area contributed by atoms with Gasteiger partial charge in [0.2, 0.25) is 5.91 Å². The molecule has 11 heavy (non-hydrogen) atoms. The third-order valence-corrected chi connectivity index (χ3v) is 1.43. The van der Waals surface area contributed by atoms with Crippen molar-refractivity contribution in [2.24, 2.45) is 5.92 Å². The van der Waals surface area contributed by atoms with Crippen LogP contribution in [-0.2, 0) is 4.79 Å². The summed E-state index contributed by atoms with van der Waals surface area (Å²) >= 11 is 0. The van der Waals surface area contributed by atoms with E-state index in [4.69, 9.17) is 0 Å². The van der Waals surface area contributed by atoms with E-state index >= 15 is 0 Å². The molecule has 0 rings (SSSR count). The first kappa shape index (κ1) is 13.1. The van der Waals surface area contributed by atoms with Crippen molar-refractivity contribution in [3.8, 4) is 0 Å². The molecule has 0 spiro atoms. The van der Waals surface area contributed by atoms with Gasteiger partial charge in [-0.3, -0.25) is 4.79 Å². The molecule has 0 aromatic rings. The van der Waals surface area contributed by atoms with Crippen LogP contribution in [-0.4, -0.2) is 24.9 Å². The molecule has 0 heterocycles. The molecule has 0 fully saturated rings. The van der Waals surface area contributed by atoms with E-state index in [0.717, 1.165) is 6.42 Å². The number of amides is 1. The van der Waals surface area contributed by atoms with Crippen molar-refractivity contribution in [2.75, 3.05) is 14.1 Å². The van der Waals surface area contributed by atoms with Gasteiger partial charge in [-0.1, -0.05) is 21.3 Å². The lowest BCUT2D eigenvalue weighted by atomic mass is 10.1. The first-order valence-electron chi connectivity index (χ1n) is 3.74. The summed E-state index contributed by atoms with van der Waals surface area (Å²) in [6, 6.07) is 0. The summed E-state index contributed by atoms with van der Waals surface area (Å²) in [7, 11) is 3.59. The largest absolute Gasteiger partial charge is 0.349 e. The Bertz CT molecular complexity index is 108. The fourth-order valence-electron chi connectivity index (χ4n) is 0.636. The summed E-state index contributed by atoms with van der Waals surface area (Å²) in [5.74, 6) is 0.859. The predicted molar refractivity (Wildman–Crippen MR) is 49.5 cm³/mol. The number of hydrogen-bond donors (Lipinski definition) is 0. The van der Waals surface area contributed by atoms with Gasteiger partial charge in [-0.2, -0.15) is 0 Å². The van der Waals surface area contributed by atoms with Crippen LogP contribution in [0.2, 0.25) is 0 Å². The van der Waals surface area contributed by atoms with Crippen molar-refractivity contribution in [3.63, 3.8) is 0 Å². The molecule has 0 bridgehead atoms. The Labute approximate surface area is 70.6 Å². The van der Waals surface area contributed by atoms with E-state index in [2.05, 4.69) is 13.8 Å². The zero-order valence-corrected chi connectivity index (χ0v) is 7.35. The highest BCUT2D eigenvalue weighted by molar-refractivity contribution is 5.75. The molecule has 1 amide bonds. The first-order valence-corrected chi connectivity index (χ1v) is 3.74. The standard InChI is InChI=1S/C8H17NO.CH4/c1-7(2)5-6-8(10)9(3)4;/h7H,5-6H2,1-4H3;1H4. The lowest BCUT2D eigenvalue weighted by Gasteiger charge is -2.10. The first-order chi connectivity index (χ1) is 4.54. The Kier molecular flexibility index (Phi) is 7.37. The molecule has 0 aliphatic heterocycles. The summed E-state index contributed by atoms with van der Waals surface area (Å²) in [4.78, 5) is 12.6. The number of nitrogens with zero attached hydrogens (tertiary/aromatic N) is 1. The summed E-state index contributed by atoms with van der Waals surface area (Å²) in [5, 5.41) is 0. The Hall–Kier alpha value is -0.530. The van der Waals surface area contributed by atoms with Gasteiger partial charge in [-0.15, -0.1) is 0 Å². The van der Waals surface area contributed by atoms with Crippen LogP contribution < -0.4 is 0 Å². The number of carbonyl (C=O) groups is 1. The molecule has 0 aliphatic carbocycles. The molecule has 0 saturated heterocycles. The zero-order chi connectivity index (χ0) is 8.15. The highest BCUT2D eigenvalue weighted by Gasteiger charge is 2.03. The quantitative estimate of drug-likeness (QED) is 0.618. The Morgan fingerprint density at radius 3 is 2.09 bits per heavy atom. The number of rotatable bonds is 3. The maximum absolute atomic E-state index is 11.0. The Balaban J connectivity index is 0. The van der Waals surface area contributed by atoms with Crippen molar-refractivity contribution in [2.45, 2.75) is 34.1 Å². The summed E-state index contributed by atoms with van der Waals surface area (Å²) < 4.78 is 0. The number of hydrogen-bond acceptors (Lipinski definition) is 1. The maximum Gasteiger partial charge on any atom is 0.222 e. The molecule has 0 aromatic carbocycles. The van der Waals surface area contributed by atoms with Gasteiger partial charge in [-0.25, -0.2) is 0 Å². The van der Waals surface area contributed by atoms with Crippen molar-refractivity contribution in [3.05, 3.63) is 0 Å². The lowest BCUT2D eigenvalue weighted by molar-refractivity contribution is -0.128. The monoisotopic (exact) mass is 159 g/mol. The van der Waals surface area contributed by atoms with Crippen molar-refractivity contribution in [1.29, 1.82) is 0 Å². The molecule has 0 aliphatic rings. The topological polar surface area (TPSA) is 20.3 Å².